The van der Waals surface area contributed by atoms with E-state index in [9.17, 15) is 4.79 Å². The third-order valence-corrected chi connectivity index (χ3v) is 1.88. The maximum absolute atomic E-state index is 10.7. The average Bonchev–Trinajstić information content (AvgIpc) is 2.68. The predicted octanol–water partition coefficient (Wildman–Crippen LogP) is 0.687. The van der Waals surface area contributed by atoms with Crippen molar-refractivity contribution in [1.29, 1.82) is 0 Å². The van der Waals surface area contributed by atoms with Gasteiger partial charge in [0.2, 0.25) is 0 Å². The molecule has 0 radical (unpaired) electrons. The van der Waals surface area contributed by atoms with Crippen molar-refractivity contribution in [1.82, 2.24) is 9.78 Å². The Morgan fingerprint density at radius 1 is 1.73 bits per heavy atom. The molecule has 1 fully saturated rings. The Morgan fingerprint density at radius 2 is 2.45 bits per heavy atom. The molecule has 4 nitrogen and oxygen atoms in total. The van der Waals surface area contributed by atoms with Gasteiger partial charge in [-0.05, 0) is 18.9 Å². The fourth-order valence-corrected chi connectivity index (χ4v) is 1.19. The van der Waals surface area contributed by atoms with E-state index in [1.54, 1.807) is 6.20 Å². The van der Waals surface area contributed by atoms with Gasteiger partial charge in [-0.3, -0.25) is 0 Å². The molecule has 0 bridgehead atoms. The lowest BCUT2D eigenvalue weighted by atomic mass is 10.3. The number of carbonyl (C=O) groups is 1. The van der Waals surface area contributed by atoms with Crippen LogP contribution in [0.4, 0.5) is 4.79 Å². The molecule has 1 aliphatic carbocycles. The van der Waals surface area contributed by atoms with E-state index in [4.69, 9.17) is 5.73 Å². The van der Waals surface area contributed by atoms with Crippen LogP contribution >= 0.6 is 0 Å². The quantitative estimate of drug-likeness (QED) is 0.641. The first-order chi connectivity index (χ1) is 5.29. The van der Waals surface area contributed by atoms with Crippen LogP contribution in [0.2, 0.25) is 0 Å². The lowest BCUT2D eigenvalue weighted by Crippen LogP contribution is -2.22. The smallest absolute Gasteiger partial charge is 0.339 e. The highest BCUT2D eigenvalue weighted by Gasteiger charge is 2.27. The maximum Gasteiger partial charge on any atom is 0.339 e. The van der Waals surface area contributed by atoms with Crippen LogP contribution < -0.4 is 5.73 Å². The summed E-state index contributed by atoms with van der Waals surface area (Å²) in [5.41, 5.74) is 6.04. The molecule has 1 saturated carbocycles. The molecule has 0 unspecified atom stereocenters. The highest BCUT2D eigenvalue weighted by molar-refractivity contribution is 5.74. The Bertz CT molecular complexity index is 288. The first kappa shape index (κ1) is 6.39. The molecule has 0 saturated heterocycles. The summed E-state index contributed by atoms with van der Waals surface area (Å²) in [5, 5.41) is 3.82. The largest absolute Gasteiger partial charge is 0.350 e. The van der Waals surface area contributed by atoms with Gasteiger partial charge in [-0.1, -0.05) is 0 Å². The van der Waals surface area contributed by atoms with E-state index < -0.39 is 6.03 Å². The van der Waals surface area contributed by atoms with Crippen molar-refractivity contribution in [2.75, 3.05) is 0 Å². The zero-order valence-corrected chi connectivity index (χ0v) is 6.03. The molecule has 4 heteroatoms. The van der Waals surface area contributed by atoms with Gasteiger partial charge in [0.15, 0.2) is 0 Å². The van der Waals surface area contributed by atoms with Gasteiger partial charge >= 0.3 is 6.03 Å². The van der Waals surface area contributed by atoms with Gasteiger partial charge in [0.25, 0.3) is 0 Å². The van der Waals surface area contributed by atoms with Crippen molar-refractivity contribution in [3.8, 4) is 0 Å². The summed E-state index contributed by atoms with van der Waals surface area (Å²) in [6, 6.07) is 1.36. The molecule has 58 valence electrons. The van der Waals surface area contributed by atoms with Gasteiger partial charge in [0, 0.05) is 12.1 Å². The van der Waals surface area contributed by atoms with Crippen LogP contribution in [0.25, 0.3) is 0 Å². The molecule has 1 heterocycles. The third kappa shape index (κ3) is 1.00. The summed E-state index contributed by atoms with van der Waals surface area (Å²) in [5.74, 6) is 0.519. The third-order valence-electron chi connectivity index (χ3n) is 1.88. The lowest BCUT2D eigenvalue weighted by Gasteiger charge is -1.98. The van der Waals surface area contributed by atoms with E-state index in [2.05, 4.69) is 5.10 Å². The standard InChI is InChI=1S/C7H9N3O/c8-7(11)10-6(3-4-9-10)5-1-2-5/h3-5H,1-2H2,(H2,8,11). The van der Waals surface area contributed by atoms with Crippen LogP contribution in [-0.2, 0) is 0 Å². The number of carbonyl (C=O) groups excluding carboxylic acids is 1. The van der Waals surface area contributed by atoms with Crippen molar-refractivity contribution in [2.24, 2.45) is 5.73 Å². The number of amides is 1. The van der Waals surface area contributed by atoms with Gasteiger partial charge in [-0.2, -0.15) is 9.78 Å². The summed E-state index contributed by atoms with van der Waals surface area (Å²) >= 11 is 0. The van der Waals surface area contributed by atoms with E-state index in [0.29, 0.717) is 5.92 Å². The molecule has 0 atom stereocenters. The normalized spacial score (nSPS) is 16.7. The number of nitrogens with two attached hydrogens (primary N) is 1. The first-order valence-corrected chi connectivity index (χ1v) is 3.63. The van der Waals surface area contributed by atoms with Gasteiger partial charge in [-0.25, -0.2) is 4.79 Å². The number of aromatic nitrogens is 2. The van der Waals surface area contributed by atoms with Gasteiger partial charge < -0.3 is 5.73 Å². The average molecular weight is 151 g/mol. The monoisotopic (exact) mass is 151 g/mol. The number of nitrogens with zero attached hydrogens (tertiary/aromatic N) is 2. The molecule has 1 aliphatic rings. The Labute approximate surface area is 64.0 Å². The van der Waals surface area contributed by atoms with E-state index in [-0.39, 0.29) is 0 Å². The fraction of sp³-hybridized carbons (Fsp3) is 0.429. The molecule has 0 spiro atoms. The van der Waals surface area contributed by atoms with E-state index in [1.807, 2.05) is 6.07 Å². The minimum atomic E-state index is -0.489. The summed E-state index contributed by atoms with van der Waals surface area (Å²) in [6.07, 6.45) is 3.91. The summed E-state index contributed by atoms with van der Waals surface area (Å²) in [6.45, 7) is 0. The molecule has 1 amide bonds. The minimum Gasteiger partial charge on any atom is -0.350 e. The molecule has 2 rings (SSSR count). The van der Waals surface area contributed by atoms with Crippen molar-refractivity contribution >= 4 is 6.03 Å². The molecular weight excluding hydrogens is 142 g/mol. The second-order valence-corrected chi connectivity index (χ2v) is 2.78. The maximum atomic E-state index is 10.7. The van der Waals surface area contributed by atoms with Gasteiger partial charge in [0.1, 0.15) is 0 Å². The van der Waals surface area contributed by atoms with Gasteiger partial charge in [0.05, 0.1) is 5.69 Å². The van der Waals surface area contributed by atoms with Crippen molar-refractivity contribution in [2.45, 2.75) is 18.8 Å². The highest BCUT2D eigenvalue weighted by atomic mass is 16.2. The molecular formula is C7H9N3O. The Hall–Kier alpha value is -1.32. The predicted molar refractivity (Wildman–Crippen MR) is 39.2 cm³/mol. The van der Waals surface area contributed by atoms with Crippen LogP contribution in [0.1, 0.15) is 24.5 Å². The summed E-state index contributed by atoms with van der Waals surface area (Å²) in [7, 11) is 0. The second-order valence-electron chi connectivity index (χ2n) is 2.78. The highest BCUT2D eigenvalue weighted by Crippen LogP contribution is 2.39. The Balaban J connectivity index is 2.37. The zero-order chi connectivity index (χ0) is 7.84. The Kier molecular flexibility index (Phi) is 1.21. The molecule has 1 aromatic rings. The number of primary amides is 1. The topological polar surface area (TPSA) is 60.9 Å². The summed E-state index contributed by atoms with van der Waals surface area (Å²) in [4.78, 5) is 10.7. The molecule has 11 heavy (non-hydrogen) atoms. The van der Waals surface area contributed by atoms with E-state index in [1.165, 1.54) is 4.68 Å². The zero-order valence-electron chi connectivity index (χ0n) is 6.03. The van der Waals surface area contributed by atoms with Crippen LogP contribution in [0, 0.1) is 0 Å². The van der Waals surface area contributed by atoms with Crippen molar-refractivity contribution in [3.63, 3.8) is 0 Å². The number of hydrogen-bond acceptors (Lipinski definition) is 2. The molecule has 1 aromatic heterocycles. The van der Waals surface area contributed by atoms with Crippen LogP contribution in [0.15, 0.2) is 12.3 Å². The number of hydrogen-bond donors (Lipinski definition) is 1. The van der Waals surface area contributed by atoms with Crippen LogP contribution in [0.3, 0.4) is 0 Å². The van der Waals surface area contributed by atoms with Crippen LogP contribution in [-0.4, -0.2) is 15.8 Å². The van der Waals surface area contributed by atoms with Crippen LogP contribution in [0.5, 0.6) is 0 Å². The summed E-state index contributed by atoms with van der Waals surface area (Å²) < 4.78 is 1.28. The van der Waals surface area contributed by atoms with Gasteiger partial charge in [-0.15, -0.1) is 0 Å². The SMILES string of the molecule is NC(=O)n1nccc1C1CC1. The molecule has 2 N–H and O–H groups in total. The van der Waals surface area contributed by atoms with E-state index >= 15 is 0 Å². The van der Waals surface area contributed by atoms with Crippen molar-refractivity contribution in [3.05, 3.63) is 18.0 Å². The fourth-order valence-electron chi connectivity index (χ4n) is 1.19. The minimum absolute atomic E-state index is 0.489. The second kappa shape index (κ2) is 2.08. The lowest BCUT2D eigenvalue weighted by molar-refractivity contribution is 0.247. The van der Waals surface area contributed by atoms with Crippen molar-refractivity contribution < 1.29 is 4.79 Å². The first-order valence-electron chi connectivity index (χ1n) is 3.63. The Morgan fingerprint density at radius 3 is 3.00 bits per heavy atom. The molecule has 0 aromatic carbocycles. The van der Waals surface area contributed by atoms with E-state index in [0.717, 1.165) is 18.5 Å². The molecule has 0 aliphatic heterocycles. The number of rotatable bonds is 1.